The van der Waals surface area contributed by atoms with E-state index >= 15 is 0 Å². The number of carbonyl (C=O) groups is 1. The second-order valence-electron chi connectivity index (χ2n) is 7.27. The van der Waals surface area contributed by atoms with Gasteiger partial charge < -0.3 is 25.7 Å². The predicted octanol–water partition coefficient (Wildman–Crippen LogP) is 1.58. The van der Waals surface area contributed by atoms with E-state index in [4.69, 9.17) is 10.5 Å². The number of carbonyl (C=O) groups excluding carboxylic acids is 1. The molecule has 10 nitrogen and oxygen atoms in total. The molecular formula is C22H25N7O3. The summed E-state index contributed by atoms with van der Waals surface area (Å²) in [6, 6.07) is 6.40. The zero-order chi connectivity index (χ0) is 23.1. The lowest BCUT2D eigenvalue weighted by atomic mass is 10.0. The largest absolute Gasteiger partial charge is 0.481 e. The van der Waals surface area contributed by atoms with E-state index in [9.17, 15) is 9.59 Å². The van der Waals surface area contributed by atoms with Crippen molar-refractivity contribution in [2.45, 2.75) is 18.9 Å². The molecule has 2 aromatic rings. The van der Waals surface area contributed by atoms with Crippen LogP contribution in [0.5, 0.6) is 5.75 Å². The third-order valence-electron chi connectivity index (χ3n) is 4.59. The molecule has 2 aromatic heterocycles. The van der Waals surface area contributed by atoms with Gasteiger partial charge in [-0.15, -0.1) is 0 Å². The normalized spacial score (nSPS) is 18.3. The van der Waals surface area contributed by atoms with Crippen LogP contribution >= 0.6 is 0 Å². The van der Waals surface area contributed by atoms with E-state index < -0.39 is 11.5 Å². The van der Waals surface area contributed by atoms with Gasteiger partial charge in [0, 0.05) is 51.4 Å². The van der Waals surface area contributed by atoms with Gasteiger partial charge in [0.25, 0.3) is 11.5 Å². The first kappa shape index (κ1) is 22.5. The zero-order valence-electron chi connectivity index (χ0n) is 18.1. The molecule has 166 valence electrons. The van der Waals surface area contributed by atoms with Crippen molar-refractivity contribution in [1.82, 2.24) is 14.9 Å². The Hall–Kier alpha value is -4.21. The molecule has 3 rings (SSSR count). The first-order chi connectivity index (χ1) is 15.3. The number of nitrogens with two attached hydrogens (primary N) is 1. The van der Waals surface area contributed by atoms with E-state index in [0.29, 0.717) is 29.5 Å². The number of aromatic nitrogens is 2. The van der Waals surface area contributed by atoms with Crippen molar-refractivity contribution < 1.29 is 9.53 Å². The minimum Gasteiger partial charge on any atom is -0.481 e. The van der Waals surface area contributed by atoms with Crippen molar-refractivity contribution in [2.75, 3.05) is 12.4 Å². The van der Waals surface area contributed by atoms with Gasteiger partial charge in [-0.25, -0.2) is 9.98 Å². The van der Waals surface area contributed by atoms with E-state index in [-0.39, 0.29) is 11.1 Å². The highest BCUT2D eigenvalue weighted by Crippen LogP contribution is 2.26. The van der Waals surface area contributed by atoms with Gasteiger partial charge in [0.1, 0.15) is 28.6 Å². The van der Waals surface area contributed by atoms with Crippen LogP contribution in [-0.2, 0) is 7.05 Å². The Morgan fingerprint density at radius 1 is 1.34 bits per heavy atom. The van der Waals surface area contributed by atoms with E-state index in [1.807, 2.05) is 13.0 Å². The van der Waals surface area contributed by atoms with Crippen LogP contribution in [0.3, 0.4) is 0 Å². The van der Waals surface area contributed by atoms with Gasteiger partial charge in [-0.05, 0) is 31.2 Å². The second kappa shape index (κ2) is 9.73. The number of nitrogens with zero attached hydrogens (tertiary/aromatic N) is 4. The molecule has 1 unspecified atom stereocenters. The highest BCUT2D eigenvalue weighted by molar-refractivity contribution is 6.03. The maximum absolute atomic E-state index is 12.4. The van der Waals surface area contributed by atoms with E-state index in [1.165, 1.54) is 23.0 Å². The van der Waals surface area contributed by atoms with Crippen LogP contribution in [0.15, 0.2) is 75.2 Å². The zero-order valence-corrected chi connectivity index (χ0v) is 18.1. The lowest BCUT2D eigenvalue weighted by molar-refractivity contribution is 0.102. The third-order valence-corrected chi connectivity index (χ3v) is 4.59. The molecule has 0 saturated heterocycles. The maximum Gasteiger partial charge on any atom is 0.263 e. The monoisotopic (exact) mass is 435 g/mol. The van der Waals surface area contributed by atoms with Gasteiger partial charge in [-0.1, -0.05) is 0 Å². The number of nitrogens with one attached hydrogen (secondary N) is 2. The highest BCUT2D eigenvalue weighted by Gasteiger charge is 2.27. The minimum atomic E-state index is -0.671. The summed E-state index contributed by atoms with van der Waals surface area (Å²) in [5.74, 6) is 0.868. The second-order valence-corrected chi connectivity index (χ2v) is 7.27. The number of rotatable bonds is 7. The minimum absolute atomic E-state index is 0.0373. The summed E-state index contributed by atoms with van der Waals surface area (Å²) in [6.07, 6.45) is 10.2. The molecule has 0 radical (unpaired) electrons. The van der Waals surface area contributed by atoms with E-state index in [0.717, 1.165) is 0 Å². The highest BCUT2D eigenvalue weighted by atomic mass is 16.5. The fourth-order valence-corrected chi connectivity index (χ4v) is 2.99. The van der Waals surface area contributed by atoms with Crippen molar-refractivity contribution in [3.63, 3.8) is 0 Å². The van der Waals surface area contributed by atoms with Crippen LogP contribution in [0.4, 0.5) is 5.82 Å². The molecule has 1 amide bonds. The van der Waals surface area contributed by atoms with Crippen LogP contribution in [0.25, 0.3) is 0 Å². The molecule has 3 heterocycles. The van der Waals surface area contributed by atoms with Crippen LogP contribution < -0.4 is 26.7 Å². The Kier molecular flexibility index (Phi) is 6.83. The number of hydrogen-bond donors (Lipinski definition) is 3. The number of aryl methyl sites for hydroxylation is 1. The average Bonchev–Trinajstić information content (AvgIpc) is 2.76. The van der Waals surface area contributed by atoms with E-state index in [1.54, 1.807) is 50.9 Å². The molecule has 1 aliphatic heterocycles. The Bertz CT molecular complexity index is 1160. The number of aliphatic imine (C=N–C) groups is 2. The summed E-state index contributed by atoms with van der Waals surface area (Å²) in [5, 5.41) is 5.70. The van der Waals surface area contributed by atoms with Gasteiger partial charge in [0.15, 0.2) is 0 Å². The summed E-state index contributed by atoms with van der Waals surface area (Å²) >= 11 is 0. The van der Waals surface area contributed by atoms with Crippen molar-refractivity contribution in [3.05, 3.63) is 76.4 Å². The van der Waals surface area contributed by atoms with Crippen LogP contribution in [-0.4, -0.2) is 40.5 Å². The summed E-state index contributed by atoms with van der Waals surface area (Å²) in [7, 11) is 3.23. The van der Waals surface area contributed by atoms with E-state index in [2.05, 4.69) is 25.6 Å². The van der Waals surface area contributed by atoms with Crippen molar-refractivity contribution in [1.29, 1.82) is 0 Å². The maximum atomic E-state index is 12.4. The SMILES string of the molecule is CN=CC(=CN)NC1=CC(C)(Oc2ccc(NC(=O)c3cccn(C)c3=O)nc2)CC=N1. The van der Waals surface area contributed by atoms with Gasteiger partial charge in [-0.2, -0.15) is 0 Å². The topological polar surface area (TPSA) is 136 Å². The number of allylic oxidation sites excluding steroid dienone is 1. The Balaban J connectivity index is 1.68. The van der Waals surface area contributed by atoms with Gasteiger partial charge in [0.2, 0.25) is 0 Å². The summed E-state index contributed by atoms with van der Waals surface area (Å²) < 4.78 is 7.45. The van der Waals surface area contributed by atoms with Crippen LogP contribution in [0, 0.1) is 0 Å². The van der Waals surface area contributed by atoms with Crippen molar-refractivity contribution in [2.24, 2.45) is 22.8 Å². The van der Waals surface area contributed by atoms with Crippen molar-refractivity contribution >= 4 is 24.2 Å². The smallest absolute Gasteiger partial charge is 0.263 e. The molecule has 1 atom stereocenters. The van der Waals surface area contributed by atoms with Gasteiger partial charge >= 0.3 is 0 Å². The molecule has 0 saturated carbocycles. The first-order valence-electron chi connectivity index (χ1n) is 9.82. The van der Waals surface area contributed by atoms with Crippen LogP contribution in [0.1, 0.15) is 23.7 Å². The fraction of sp³-hybridized carbons (Fsp3) is 0.227. The summed E-state index contributed by atoms with van der Waals surface area (Å²) in [6.45, 7) is 1.92. The molecule has 32 heavy (non-hydrogen) atoms. The van der Waals surface area contributed by atoms with Gasteiger partial charge in [-0.3, -0.25) is 14.6 Å². The fourth-order valence-electron chi connectivity index (χ4n) is 2.99. The molecule has 0 bridgehead atoms. The lowest BCUT2D eigenvalue weighted by Gasteiger charge is -2.29. The number of hydrogen-bond acceptors (Lipinski definition) is 8. The standard InChI is InChI=1S/C22H25N7O3/c1-22(8-9-25-19(11-22)27-15(12-23)13-24-2)32-16-6-7-18(26-14-16)28-20(30)17-5-4-10-29(3)21(17)31/h4-7,9-14,27H,8,23H2,1-3H3,(H,26,28,30). The Morgan fingerprint density at radius 3 is 2.84 bits per heavy atom. The first-order valence-corrected chi connectivity index (χ1v) is 9.82. The molecule has 10 heteroatoms. The summed E-state index contributed by atoms with van der Waals surface area (Å²) in [5.41, 5.74) is 5.18. The van der Waals surface area contributed by atoms with Crippen molar-refractivity contribution in [3.8, 4) is 5.75 Å². The predicted molar refractivity (Wildman–Crippen MR) is 124 cm³/mol. The average molecular weight is 435 g/mol. The molecule has 0 aliphatic carbocycles. The molecule has 0 fully saturated rings. The number of amides is 1. The Labute approximate surface area is 185 Å². The quantitative estimate of drug-likeness (QED) is 0.565. The molecular weight excluding hydrogens is 410 g/mol. The molecule has 0 spiro atoms. The Morgan fingerprint density at radius 2 is 2.16 bits per heavy atom. The molecule has 4 N–H and O–H groups in total. The number of anilines is 1. The molecule has 1 aliphatic rings. The number of ether oxygens (including phenoxy) is 1. The van der Waals surface area contributed by atoms with Gasteiger partial charge in [0.05, 0.1) is 11.9 Å². The number of pyridine rings is 2. The van der Waals surface area contributed by atoms with Crippen LogP contribution in [0.2, 0.25) is 0 Å². The summed E-state index contributed by atoms with van der Waals surface area (Å²) in [4.78, 5) is 36.9. The lowest BCUT2D eigenvalue weighted by Crippen LogP contribution is -2.34. The third kappa shape index (κ3) is 5.48. The molecule has 0 aromatic carbocycles.